The van der Waals surface area contributed by atoms with Crippen molar-refractivity contribution in [3.8, 4) is 11.3 Å². The van der Waals surface area contributed by atoms with E-state index in [9.17, 15) is 0 Å². The first-order valence-corrected chi connectivity index (χ1v) is 7.85. The highest BCUT2D eigenvalue weighted by molar-refractivity contribution is 5.74. The number of rotatable bonds is 3. The minimum Gasteiger partial charge on any atom is -0.383 e. The lowest BCUT2D eigenvalue weighted by atomic mass is 9.98. The highest BCUT2D eigenvalue weighted by Crippen LogP contribution is 2.33. The lowest BCUT2D eigenvalue weighted by Gasteiger charge is -2.27. The van der Waals surface area contributed by atoms with E-state index in [1.165, 1.54) is 17.7 Å². The Bertz CT molecular complexity index is 657. The van der Waals surface area contributed by atoms with Crippen LogP contribution >= 0.6 is 0 Å². The summed E-state index contributed by atoms with van der Waals surface area (Å²) >= 11 is 0. The number of nitrogens with zero attached hydrogens (tertiary/aromatic N) is 3. The molecule has 0 fully saturated rings. The van der Waals surface area contributed by atoms with E-state index in [1.807, 2.05) is 0 Å². The molecule has 0 saturated carbocycles. The van der Waals surface area contributed by atoms with E-state index in [0.29, 0.717) is 0 Å². The van der Waals surface area contributed by atoms with Crippen LogP contribution in [0.15, 0.2) is 18.2 Å². The van der Waals surface area contributed by atoms with Crippen molar-refractivity contribution in [3.05, 3.63) is 29.6 Å². The summed E-state index contributed by atoms with van der Waals surface area (Å²) in [7, 11) is 2.16. The highest BCUT2D eigenvalue weighted by Gasteiger charge is 2.18. The molecule has 112 valence electrons. The van der Waals surface area contributed by atoms with Gasteiger partial charge in [-0.15, -0.1) is 0 Å². The van der Waals surface area contributed by atoms with Gasteiger partial charge in [0.25, 0.3) is 0 Å². The van der Waals surface area contributed by atoms with Crippen LogP contribution in [-0.2, 0) is 19.4 Å². The van der Waals surface area contributed by atoms with Crippen molar-refractivity contribution in [2.45, 2.75) is 39.7 Å². The van der Waals surface area contributed by atoms with E-state index in [4.69, 9.17) is 10.7 Å². The van der Waals surface area contributed by atoms with Gasteiger partial charge in [-0.3, -0.25) is 0 Å². The Morgan fingerprint density at radius 3 is 2.76 bits per heavy atom. The molecule has 0 radical (unpaired) electrons. The summed E-state index contributed by atoms with van der Waals surface area (Å²) in [5.41, 5.74) is 11.1. The van der Waals surface area contributed by atoms with Gasteiger partial charge >= 0.3 is 0 Å². The molecule has 4 nitrogen and oxygen atoms in total. The Kier molecular flexibility index (Phi) is 3.62. The molecule has 0 amide bonds. The molecule has 0 unspecified atom stereocenters. The molecule has 0 saturated heterocycles. The molecule has 2 heterocycles. The van der Waals surface area contributed by atoms with E-state index in [2.05, 4.69) is 48.6 Å². The number of imidazole rings is 1. The number of hydrogen-bond acceptors (Lipinski definition) is 3. The maximum Gasteiger partial charge on any atom is 0.131 e. The molecule has 0 bridgehead atoms. The quantitative estimate of drug-likeness (QED) is 0.942. The number of benzene rings is 1. The van der Waals surface area contributed by atoms with Crippen LogP contribution in [-0.4, -0.2) is 23.1 Å². The fourth-order valence-electron chi connectivity index (χ4n) is 3.28. The standard InChI is InChI=1S/C17H24N4/c1-4-15-19-16(17(18)21(15)5-2)13-8-9-14-12(11-13)7-6-10-20(14)3/h8-9,11H,4-7,10,18H2,1-3H3. The number of fused-ring (bicyclic) bond motifs is 1. The molecule has 1 aromatic carbocycles. The van der Waals surface area contributed by atoms with Crippen molar-refractivity contribution < 1.29 is 0 Å². The molecule has 2 N–H and O–H groups in total. The lowest BCUT2D eigenvalue weighted by Crippen LogP contribution is -2.24. The molecule has 0 spiro atoms. The first-order chi connectivity index (χ1) is 10.2. The zero-order valence-electron chi connectivity index (χ0n) is 13.2. The van der Waals surface area contributed by atoms with Crippen LogP contribution < -0.4 is 10.6 Å². The van der Waals surface area contributed by atoms with Gasteiger partial charge in [0.15, 0.2) is 0 Å². The Hall–Kier alpha value is -1.97. The minimum atomic E-state index is 0.790. The largest absolute Gasteiger partial charge is 0.383 e. The molecule has 2 aromatic rings. The fraction of sp³-hybridized carbons (Fsp3) is 0.471. The summed E-state index contributed by atoms with van der Waals surface area (Å²) in [6.07, 6.45) is 3.26. The van der Waals surface area contributed by atoms with Crippen molar-refractivity contribution in [1.82, 2.24) is 9.55 Å². The Morgan fingerprint density at radius 2 is 2.10 bits per heavy atom. The molecular formula is C17H24N4. The zero-order valence-corrected chi connectivity index (χ0v) is 13.2. The van der Waals surface area contributed by atoms with Gasteiger partial charge in [-0.2, -0.15) is 0 Å². The molecule has 1 aliphatic heterocycles. The molecule has 4 heteroatoms. The molecule has 21 heavy (non-hydrogen) atoms. The van der Waals surface area contributed by atoms with Gasteiger partial charge in [-0.05, 0) is 37.5 Å². The van der Waals surface area contributed by atoms with E-state index < -0.39 is 0 Å². The average Bonchev–Trinajstić information content (AvgIpc) is 2.83. The van der Waals surface area contributed by atoms with Crippen LogP contribution in [0.1, 0.15) is 31.7 Å². The second kappa shape index (κ2) is 5.43. The van der Waals surface area contributed by atoms with Crippen LogP contribution in [0.25, 0.3) is 11.3 Å². The fourth-order valence-corrected chi connectivity index (χ4v) is 3.28. The second-order valence-electron chi connectivity index (χ2n) is 5.73. The van der Waals surface area contributed by atoms with Crippen LogP contribution in [0.5, 0.6) is 0 Å². The Balaban J connectivity index is 2.07. The van der Waals surface area contributed by atoms with E-state index in [1.54, 1.807) is 0 Å². The van der Waals surface area contributed by atoms with E-state index in [-0.39, 0.29) is 0 Å². The SMILES string of the molecule is CCc1nc(-c2ccc3c(c2)CCCN3C)c(N)n1CC. The first-order valence-electron chi connectivity index (χ1n) is 7.85. The van der Waals surface area contributed by atoms with Crippen LogP contribution in [0.4, 0.5) is 11.5 Å². The number of hydrogen-bond donors (Lipinski definition) is 1. The Morgan fingerprint density at radius 1 is 1.29 bits per heavy atom. The van der Waals surface area contributed by atoms with Crippen molar-refractivity contribution >= 4 is 11.5 Å². The monoisotopic (exact) mass is 284 g/mol. The summed E-state index contributed by atoms with van der Waals surface area (Å²) in [5, 5.41) is 0. The van der Waals surface area contributed by atoms with Crippen LogP contribution in [0, 0.1) is 0 Å². The summed E-state index contributed by atoms with van der Waals surface area (Å²) < 4.78 is 2.11. The molecule has 1 aliphatic rings. The molecule has 1 aromatic heterocycles. The number of aromatic nitrogens is 2. The molecule has 0 aliphatic carbocycles. The van der Waals surface area contributed by atoms with Gasteiger partial charge < -0.3 is 15.2 Å². The topological polar surface area (TPSA) is 47.1 Å². The molecule has 3 rings (SSSR count). The number of anilines is 2. The van der Waals surface area contributed by atoms with Gasteiger partial charge in [0.05, 0.1) is 0 Å². The zero-order chi connectivity index (χ0) is 15.0. The number of nitrogen functional groups attached to an aromatic ring is 1. The summed E-state index contributed by atoms with van der Waals surface area (Å²) in [5.74, 6) is 1.86. The predicted molar refractivity (Wildman–Crippen MR) is 88.7 cm³/mol. The minimum absolute atomic E-state index is 0.790. The summed E-state index contributed by atoms with van der Waals surface area (Å²) in [6.45, 7) is 6.25. The lowest BCUT2D eigenvalue weighted by molar-refractivity contribution is 0.713. The second-order valence-corrected chi connectivity index (χ2v) is 5.73. The van der Waals surface area contributed by atoms with Gasteiger partial charge in [0.2, 0.25) is 0 Å². The third kappa shape index (κ3) is 2.28. The van der Waals surface area contributed by atoms with Crippen LogP contribution in [0.3, 0.4) is 0 Å². The van der Waals surface area contributed by atoms with Crippen LogP contribution in [0.2, 0.25) is 0 Å². The molecular weight excluding hydrogens is 260 g/mol. The van der Waals surface area contributed by atoms with Gasteiger partial charge in [0.1, 0.15) is 17.3 Å². The normalized spacial score (nSPS) is 14.3. The van der Waals surface area contributed by atoms with Gasteiger partial charge in [-0.1, -0.05) is 13.0 Å². The van der Waals surface area contributed by atoms with Crippen molar-refractivity contribution in [2.24, 2.45) is 0 Å². The Labute approximate surface area is 126 Å². The van der Waals surface area contributed by atoms with Gasteiger partial charge in [-0.25, -0.2) is 4.98 Å². The van der Waals surface area contributed by atoms with Crippen molar-refractivity contribution in [3.63, 3.8) is 0 Å². The first kappa shape index (κ1) is 14.0. The molecule has 0 atom stereocenters. The van der Waals surface area contributed by atoms with Crippen molar-refractivity contribution in [1.29, 1.82) is 0 Å². The maximum atomic E-state index is 6.32. The van der Waals surface area contributed by atoms with E-state index >= 15 is 0 Å². The summed E-state index contributed by atoms with van der Waals surface area (Å²) in [6, 6.07) is 6.63. The maximum absolute atomic E-state index is 6.32. The van der Waals surface area contributed by atoms with Gasteiger partial charge in [0, 0.05) is 37.8 Å². The smallest absolute Gasteiger partial charge is 0.131 e. The number of nitrogens with two attached hydrogens (primary N) is 1. The third-order valence-electron chi connectivity index (χ3n) is 4.42. The van der Waals surface area contributed by atoms with Crippen molar-refractivity contribution in [2.75, 3.05) is 24.2 Å². The summed E-state index contributed by atoms with van der Waals surface area (Å²) in [4.78, 5) is 7.09. The average molecular weight is 284 g/mol. The van der Waals surface area contributed by atoms with E-state index in [0.717, 1.165) is 48.8 Å². The third-order valence-corrected chi connectivity index (χ3v) is 4.42. The number of aryl methyl sites for hydroxylation is 2. The predicted octanol–water partition coefficient (Wildman–Crippen LogP) is 3.10. The highest BCUT2D eigenvalue weighted by atomic mass is 15.1.